The number of carbonyl (C=O) groups excluding carboxylic acids is 2. The van der Waals surface area contributed by atoms with E-state index in [1.54, 1.807) is 24.3 Å². The zero-order valence-corrected chi connectivity index (χ0v) is 16.0. The number of rotatable bonds is 7. The summed E-state index contributed by atoms with van der Waals surface area (Å²) in [5.41, 5.74) is -2.88. The molecule has 2 aromatic carbocycles. The van der Waals surface area contributed by atoms with Gasteiger partial charge in [0.05, 0.1) is 16.2 Å². The van der Waals surface area contributed by atoms with Crippen LogP contribution in [0.2, 0.25) is 0 Å². The lowest BCUT2D eigenvalue weighted by Crippen LogP contribution is -2.24. The minimum Gasteiger partial charge on any atom is -0.482 e. The number of hydrogen-bond donors (Lipinski definition) is 1. The third kappa shape index (κ3) is 6.75. The standard InChI is InChI=1S/C17H12BrF3N2O6/c18-10-1-4-12(5-2-10)28-9-16(25)29-8-15(24)22-14-6-3-11(23(26)27)7-13(14)17(19,20)21/h1-7H,8-9H2,(H,22,24). The second kappa shape index (κ2) is 9.37. The van der Waals surface area contributed by atoms with Gasteiger partial charge in [-0.2, -0.15) is 13.2 Å². The van der Waals surface area contributed by atoms with Gasteiger partial charge in [-0.15, -0.1) is 0 Å². The zero-order valence-electron chi connectivity index (χ0n) is 14.4. The van der Waals surface area contributed by atoms with Gasteiger partial charge in [0.15, 0.2) is 13.2 Å². The van der Waals surface area contributed by atoms with Gasteiger partial charge in [0, 0.05) is 16.6 Å². The number of nitrogens with zero attached hydrogens (tertiary/aromatic N) is 1. The number of carbonyl (C=O) groups is 2. The molecule has 0 bridgehead atoms. The molecule has 0 aliphatic rings. The smallest absolute Gasteiger partial charge is 0.418 e. The number of nitro groups is 1. The Balaban J connectivity index is 1.92. The Hall–Kier alpha value is -3.15. The Labute approximate surface area is 169 Å². The first kappa shape index (κ1) is 22.1. The SMILES string of the molecule is O=C(COC(=O)COc1ccc(Br)cc1)Nc1ccc([N+](=O)[O-])cc1C(F)(F)F. The van der Waals surface area contributed by atoms with E-state index in [1.165, 1.54) is 0 Å². The largest absolute Gasteiger partial charge is 0.482 e. The van der Waals surface area contributed by atoms with Crippen LogP contribution >= 0.6 is 15.9 Å². The summed E-state index contributed by atoms with van der Waals surface area (Å²) in [5, 5.41) is 12.6. The summed E-state index contributed by atoms with van der Waals surface area (Å²) in [6.45, 7) is -1.38. The number of alkyl halides is 3. The van der Waals surface area contributed by atoms with Gasteiger partial charge in [-0.05, 0) is 30.3 Å². The highest BCUT2D eigenvalue weighted by Gasteiger charge is 2.35. The topological polar surface area (TPSA) is 108 Å². The van der Waals surface area contributed by atoms with E-state index >= 15 is 0 Å². The number of nitrogens with one attached hydrogen (secondary N) is 1. The average Bonchev–Trinajstić information content (AvgIpc) is 2.65. The molecule has 2 rings (SSSR count). The first-order valence-corrected chi connectivity index (χ1v) is 8.55. The van der Waals surface area contributed by atoms with Crippen LogP contribution in [0.15, 0.2) is 46.9 Å². The molecule has 0 aliphatic heterocycles. The summed E-state index contributed by atoms with van der Waals surface area (Å²) in [7, 11) is 0. The highest BCUT2D eigenvalue weighted by atomic mass is 79.9. The van der Waals surface area contributed by atoms with Gasteiger partial charge in [0.1, 0.15) is 5.75 Å². The minimum atomic E-state index is -4.94. The molecule has 8 nitrogen and oxygen atoms in total. The third-order valence-electron chi connectivity index (χ3n) is 3.33. The molecule has 12 heteroatoms. The lowest BCUT2D eigenvalue weighted by atomic mass is 10.1. The Bertz CT molecular complexity index is 918. The number of benzene rings is 2. The van der Waals surface area contributed by atoms with Gasteiger partial charge in [-0.25, -0.2) is 4.79 Å². The van der Waals surface area contributed by atoms with Crippen LogP contribution in [-0.2, 0) is 20.5 Å². The summed E-state index contributed by atoms with van der Waals surface area (Å²) in [6, 6.07) is 8.37. The van der Waals surface area contributed by atoms with Crippen LogP contribution in [-0.4, -0.2) is 30.0 Å². The number of non-ortho nitro benzene ring substituents is 1. The molecule has 0 atom stereocenters. The lowest BCUT2D eigenvalue weighted by molar-refractivity contribution is -0.385. The molecular formula is C17H12BrF3N2O6. The Morgan fingerprint density at radius 3 is 2.34 bits per heavy atom. The molecule has 0 saturated carbocycles. The molecule has 0 heterocycles. The van der Waals surface area contributed by atoms with Crippen molar-refractivity contribution < 1.29 is 37.2 Å². The van der Waals surface area contributed by atoms with E-state index in [0.29, 0.717) is 11.8 Å². The van der Waals surface area contributed by atoms with Crippen molar-refractivity contribution in [3.8, 4) is 5.75 Å². The Morgan fingerprint density at radius 1 is 1.10 bits per heavy atom. The van der Waals surface area contributed by atoms with Crippen LogP contribution in [0, 0.1) is 10.1 Å². The average molecular weight is 477 g/mol. The normalized spacial score (nSPS) is 10.9. The molecule has 0 aromatic heterocycles. The number of hydrogen-bond acceptors (Lipinski definition) is 6. The highest BCUT2D eigenvalue weighted by molar-refractivity contribution is 9.10. The fourth-order valence-corrected chi connectivity index (χ4v) is 2.30. The second-order valence-corrected chi connectivity index (χ2v) is 6.35. The maximum atomic E-state index is 13.1. The first-order chi connectivity index (χ1) is 13.6. The molecule has 0 unspecified atom stereocenters. The zero-order chi connectivity index (χ0) is 21.6. The maximum Gasteiger partial charge on any atom is 0.418 e. The molecule has 0 spiro atoms. The summed E-state index contributed by atoms with van der Waals surface area (Å²) in [4.78, 5) is 33.0. The molecule has 154 valence electrons. The fourth-order valence-electron chi connectivity index (χ4n) is 2.04. The second-order valence-electron chi connectivity index (χ2n) is 5.44. The van der Waals surface area contributed by atoms with E-state index in [-0.39, 0.29) is 0 Å². The van der Waals surface area contributed by atoms with E-state index < -0.39 is 53.1 Å². The maximum absolute atomic E-state index is 13.1. The molecule has 0 aliphatic carbocycles. The number of halogens is 4. The monoisotopic (exact) mass is 476 g/mol. The molecule has 1 N–H and O–H groups in total. The number of esters is 1. The molecule has 0 fully saturated rings. The molecule has 2 aromatic rings. The van der Waals surface area contributed by atoms with Crippen LogP contribution in [0.25, 0.3) is 0 Å². The molecule has 0 saturated heterocycles. The van der Waals surface area contributed by atoms with Crippen molar-refractivity contribution in [2.45, 2.75) is 6.18 Å². The van der Waals surface area contributed by atoms with E-state index in [9.17, 15) is 32.9 Å². The predicted octanol–water partition coefficient (Wildman–Crippen LogP) is 3.94. The third-order valence-corrected chi connectivity index (χ3v) is 3.86. The van der Waals surface area contributed by atoms with Crippen molar-refractivity contribution in [3.05, 3.63) is 62.6 Å². The number of ether oxygens (including phenoxy) is 2. The van der Waals surface area contributed by atoms with Crippen LogP contribution in [0.1, 0.15) is 5.56 Å². The summed E-state index contributed by atoms with van der Waals surface area (Å²) >= 11 is 3.23. The van der Waals surface area contributed by atoms with E-state index in [1.807, 2.05) is 5.32 Å². The number of anilines is 1. The first-order valence-electron chi connectivity index (χ1n) is 7.76. The van der Waals surface area contributed by atoms with Crippen molar-refractivity contribution in [3.63, 3.8) is 0 Å². The van der Waals surface area contributed by atoms with Crippen molar-refractivity contribution >= 4 is 39.2 Å². The molecule has 29 heavy (non-hydrogen) atoms. The summed E-state index contributed by atoms with van der Waals surface area (Å²) in [5.74, 6) is -1.60. The van der Waals surface area contributed by atoms with Gasteiger partial charge < -0.3 is 14.8 Å². The Kier molecular flexibility index (Phi) is 7.15. The molecule has 1 amide bonds. The fraction of sp³-hybridized carbons (Fsp3) is 0.176. The van der Waals surface area contributed by atoms with Crippen molar-refractivity contribution in [2.24, 2.45) is 0 Å². The van der Waals surface area contributed by atoms with Crippen LogP contribution in [0.5, 0.6) is 5.75 Å². The Morgan fingerprint density at radius 2 is 1.76 bits per heavy atom. The van der Waals surface area contributed by atoms with Gasteiger partial charge in [0.2, 0.25) is 0 Å². The van der Waals surface area contributed by atoms with Crippen LogP contribution < -0.4 is 10.1 Å². The molecule has 0 radical (unpaired) electrons. The van der Waals surface area contributed by atoms with Crippen molar-refractivity contribution in [2.75, 3.05) is 18.5 Å². The van der Waals surface area contributed by atoms with Crippen molar-refractivity contribution in [1.29, 1.82) is 0 Å². The van der Waals surface area contributed by atoms with E-state index in [0.717, 1.165) is 16.6 Å². The highest BCUT2D eigenvalue weighted by Crippen LogP contribution is 2.37. The summed E-state index contributed by atoms with van der Waals surface area (Å²) < 4.78 is 49.8. The van der Waals surface area contributed by atoms with Gasteiger partial charge >= 0.3 is 12.1 Å². The number of nitro benzene ring substituents is 1. The van der Waals surface area contributed by atoms with Crippen molar-refractivity contribution in [1.82, 2.24) is 0 Å². The van der Waals surface area contributed by atoms with Gasteiger partial charge in [-0.3, -0.25) is 14.9 Å². The minimum absolute atomic E-state index is 0.299. The quantitative estimate of drug-likeness (QED) is 0.368. The predicted molar refractivity (Wildman–Crippen MR) is 97.3 cm³/mol. The van der Waals surface area contributed by atoms with Gasteiger partial charge in [0.25, 0.3) is 11.6 Å². The molecular weight excluding hydrogens is 465 g/mol. The lowest BCUT2D eigenvalue weighted by Gasteiger charge is -2.13. The number of amides is 1. The van der Waals surface area contributed by atoms with Crippen LogP contribution in [0.3, 0.4) is 0 Å². The van der Waals surface area contributed by atoms with E-state index in [2.05, 4.69) is 20.7 Å². The van der Waals surface area contributed by atoms with Gasteiger partial charge in [-0.1, -0.05) is 15.9 Å². The van der Waals surface area contributed by atoms with E-state index in [4.69, 9.17) is 4.74 Å². The summed E-state index contributed by atoms with van der Waals surface area (Å²) in [6.07, 6.45) is -4.94. The van der Waals surface area contributed by atoms with Crippen LogP contribution in [0.4, 0.5) is 24.5 Å².